The first-order valence-corrected chi connectivity index (χ1v) is 6.51. The van der Waals surface area contributed by atoms with E-state index in [1.54, 1.807) is 0 Å². The quantitative estimate of drug-likeness (QED) is 0.923. The number of carbonyl (C=O) groups is 1. The van der Waals surface area contributed by atoms with Crippen LogP contribution in [0.3, 0.4) is 0 Å². The Morgan fingerprint density at radius 1 is 1.56 bits per heavy atom. The summed E-state index contributed by atoms with van der Waals surface area (Å²) in [5.74, 6) is -0.521. The third-order valence-electron chi connectivity index (χ3n) is 2.83. The van der Waals surface area contributed by atoms with Gasteiger partial charge in [-0.25, -0.2) is 9.78 Å². The van der Waals surface area contributed by atoms with Gasteiger partial charge in [0.05, 0.1) is 5.56 Å². The Morgan fingerprint density at radius 2 is 2.44 bits per heavy atom. The second-order valence-corrected chi connectivity index (χ2v) is 4.97. The molecule has 3 rings (SSSR count). The largest absolute Gasteiger partial charge is 0.478 e. The van der Waals surface area contributed by atoms with Crippen molar-refractivity contribution in [1.82, 2.24) is 4.98 Å². The molecule has 6 heteroatoms. The zero-order valence-electron chi connectivity index (χ0n) is 9.46. The minimum absolute atomic E-state index is 0.0812. The molecular weight excluding hydrogens is 254 g/mol. The van der Waals surface area contributed by atoms with Crippen molar-refractivity contribution in [3.63, 3.8) is 0 Å². The summed E-state index contributed by atoms with van der Waals surface area (Å²) in [4.78, 5) is 15.2. The summed E-state index contributed by atoms with van der Waals surface area (Å²) >= 11 is 1.52. The Balaban J connectivity index is 1.85. The maximum absolute atomic E-state index is 10.8. The molecular formula is C12H11NO4S. The number of hydrogen-bond acceptors (Lipinski definition) is 5. The second-order valence-electron chi connectivity index (χ2n) is 4.08. The average Bonchev–Trinajstić information content (AvgIpc) is 3.10. The summed E-state index contributed by atoms with van der Waals surface area (Å²) in [6, 6.07) is 1.48. The van der Waals surface area contributed by atoms with Crippen molar-refractivity contribution < 1.29 is 19.1 Å². The first-order chi connectivity index (χ1) is 8.74. The Morgan fingerprint density at radius 3 is 3.11 bits per heavy atom. The van der Waals surface area contributed by atoms with Gasteiger partial charge in [-0.1, -0.05) is 0 Å². The summed E-state index contributed by atoms with van der Waals surface area (Å²) in [7, 11) is 0. The van der Waals surface area contributed by atoms with Crippen LogP contribution in [0.5, 0.6) is 0 Å². The van der Waals surface area contributed by atoms with Gasteiger partial charge < -0.3 is 14.3 Å². The van der Waals surface area contributed by atoms with Crippen molar-refractivity contribution in [1.29, 1.82) is 0 Å². The maximum atomic E-state index is 10.8. The highest BCUT2D eigenvalue weighted by Gasteiger charge is 2.22. The monoisotopic (exact) mass is 265 g/mol. The summed E-state index contributed by atoms with van der Waals surface area (Å²) in [5, 5.41) is 11.6. The first kappa shape index (κ1) is 11.4. The zero-order valence-corrected chi connectivity index (χ0v) is 10.3. The molecule has 3 heterocycles. The molecule has 1 N–H and O–H groups in total. The minimum atomic E-state index is -1.00. The third kappa shape index (κ3) is 2.04. The minimum Gasteiger partial charge on any atom is -0.478 e. The fraction of sp³-hybridized carbons (Fsp3) is 0.333. The van der Waals surface area contributed by atoms with Crippen LogP contribution in [0, 0.1) is 0 Å². The van der Waals surface area contributed by atoms with Crippen molar-refractivity contribution in [2.75, 3.05) is 6.61 Å². The molecule has 94 valence electrons. The van der Waals surface area contributed by atoms with E-state index >= 15 is 0 Å². The van der Waals surface area contributed by atoms with E-state index in [0.717, 1.165) is 24.5 Å². The number of aromatic nitrogens is 1. The zero-order chi connectivity index (χ0) is 12.5. The molecule has 1 fully saturated rings. The summed E-state index contributed by atoms with van der Waals surface area (Å²) in [6.07, 6.45) is 3.36. The second kappa shape index (κ2) is 4.55. The molecule has 5 nitrogen and oxygen atoms in total. The number of thiazole rings is 1. The lowest BCUT2D eigenvalue weighted by Crippen LogP contribution is -1.94. The lowest BCUT2D eigenvalue weighted by Gasteiger charge is -2.03. The van der Waals surface area contributed by atoms with Crippen LogP contribution >= 0.6 is 11.3 Å². The number of carboxylic acids is 1. The van der Waals surface area contributed by atoms with Crippen LogP contribution < -0.4 is 0 Å². The van der Waals surface area contributed by atoms with Gasteiger partial charge >= 0.3 is 5.97 Å². The number of aromatic carboxylic acids is 1. The van der Waals surface area contributed by atoms with Crippen molar-refractivity contribution in [3.05, 3.63) is 28.3 Å². The van der Waals surface area contributed by atoms with E-state index in [9.17, 15) is 4.79 Å². The van der Waals surface area contributed by atoms with Gasteiger partial charge in [0.1, 0.15) is 23.1 Å². The Hall–Kier alpha value is -1.66. The predicted octanol–water partition coefficient (Wildman–Crippen LogP) is 2.95. The van der Waals surface area contributed by atoms with E-state index in [4.69, 9.17) is 14.3 Å². The summed E-state index contributed by atoms with van der Waals surface area (Å²) in [5.41, 5.74) is 0.801. The number of ether oxygens (including phenoxy) is 1. The highest BCUT2D eigenvalue weighted by molar-refractivity contribution is 7.10. The van der Waals surface area contributed by atoms with Crippen LogP contribution in [-0.4, -0.2) is 22.7 Å². The lowest BCUT2D eigenvalue weighted by atomic mass is 10.2. The summed E-state index contributed by atoms with van der Waals surface area (Å²) in [6.45, 7) is 0.781. The third-order valence-corrected chi connectivity index (χ3v) is 3.76. The molecule has 1 unspecified atom stereocenters. The van der Waals surface area contributed by atoms with Gasteiger partial charge in [-0.3, -0.25) is 0 Å². The highest BCUT2D eigenvalue weighted by atomic mass is 32.1. The summed E-state index contributed by atoms with van der Waals surface area (Å²) < 4.78 is 10.8. The number of rotatable bonds is 3. The van der Waals surface area contributed by atoms with Crippen LogP contribution in [0.15, 0.2) is 22.1 Å². The Bertz CT molecular complexity index is 568. The van der Waals surface area contributed by atoms with Crippen LogP contribution in [0.25, 0.3) is 11.5 Å². The maximum Gasteiger partial charge on any atom is 0.338 e. The molecule has 1 saturated heterocycles. The molecule has 2 aromatic rings. The van der Waals surface area contributed by atoms with E-state index in [1.807, 2.05) is 5.38 Å². The molecule has 0 amide bonds. The number of furan rings is 1. The molecule has 0 aromatic carbocycles. The van der Waals surface area contributed by atoms with Crippen molar-refractivity contribution in [2.45, 2.75) is 18.9 Å². The predicted molar refractivity (Wildman–Crippen MR) is 64.7 cm³/mol. The Kier molecular flexibility index (Phi) is 2.89. The molecule has 1 atom stereocenters. The number of carboxylic acid groups (broad SMARTS) is 1. The first-order valence-electron chi connectivity index (χ1n) is 5.63. The van der Waals surface area contributed by atoms with Gasteiger partial charge in [0.25, 0.3) is 0 Å². The van der Waals surface area contributed by atoms with Crippen molar-refractivity contribution in [3.8, 4) is 11.5 Å². The fourth-order valence-electron chi connectivity index (χ4n) is 1.90. The van der Waals surface area contributed by atoms with Gasteiger partial charge in [0.15, 0.2) is 5.76 Å². The number of hydrogen-bond donors (Lipinski definition) is 1. The van der Waals surface area contributed by atoms with Crippen molar-refractivity contribution >= 4 is 17.3 Å². The SMILES string of the molecule is O=C(O)c1coc(-c2csc(C3CCCO3)n2)c1. The molecule has 18 heavy (non-hydrogen) atoms. The molecule has 0 aliphatic carbocycles. The van der Waals surface area contributed by atoms with E-state index in [-0.39, 0.29) is 11.7 Å². The van der Waals surface area contributed by atoms with Gasteiger partial charge in [-0.15, -0.1) is 11.3 Å². The van der Waals surface area contributed by atoms with Gasteiger partial charge in [-0.2, -0.15) is 0 Å². The number of nitrogens with zero attached hydrogens (tertiary/aromatic N) is 1. The highest BCUT2D eigenvalue weighted by Crippen LogP contribution is 2.33. The normalized spacial score (nSPS) is 19.2. The molecule has 0 bridgehead atoms. The van der Waals surface area contributed by atoms with E-state index < -0.39 is 5.97 Å². The smallest absolute Gasteiger partial charge is 0.338 e. The van der Waals surface area contributed by atoms with Gasteiger partial charge in [-0.05, 0) is 12.8 Å². The standard InChI is InChI=1S/C12H11NO4S/c14-12(15)7-4-10(17-5-7)8-6-18-11(13-8)9-2-1-3-16-9/h4-6,9H,1-3H2,(H,14,15). The van der Waals surface area contributed by atoms with E-state index in [0.29, 0.717) is 11.5 Å². The van der Waals surface area contributed by atoms with Crippen LogP contribution in [0.1, 0.15) is 34.3 Å². The molecule has 0 spiro atoms. The van der Waals surface area contributed by atoms with Crippen LogP contribution in [-0.2, 0) is 4.74 Å². The average molecular weight is 265 g/mol. The van der Waals surface area contributed by atoms with Gasteiger partial charge in [0, 0.05) is 18.1 Å². The van der Waals surface area contributed by atoms with Gasteiger partial charge in [0.2, 0.25) is 0 Å². The van der Waals surface area contributed by atoms with Crippen LogP contribution in [0.4, 0.5) is 0 Å². The molecule has 1 aliphatic heterocycles. The fourth-order valence-corrected chi connectivity index (χ4v) is 2.79. The topological polar surface area (TPSA) is 72.6 Å². The molecule has 0 radical (unpaired) electrons. The Labute approximate surface area is 107 Å². The lowest BCUT2D eigenvalue weighted by molar-refractivity contribution is 0.0696. The van der Waals surface area contributed by atoms with E-state index in [2.05, 4.69) is 4.98 Å². The molecule has 2 aromatic heterocycles. The van der Waals surface area contributed by atoms with E-state index in [1.165, 1.54) is 23.7 Å². The molecule has 1 aliphatic rings. The van der Waals surface area contributed by atoms with Crippen molar-refractivity contribution in [2.24, 2.45) is 0 Å². The molecule has 0 saturated carbocycles. The van der Waals surface area contributed by atoms with Crippen LogP contribution in [0.2, 0.25) is 0 Å².